The van der Waals surface area contributed by atoms with Crippen molar-refractivity contribution in [3.8, 4) is 0 Å². The van der Waals surface area contributed by atoms with Gasteiger partial charge in [-0.3, -0.25) is 0 Å². The number of carbonyl (C=O) groups is 6. The fourth-order valence-electron chi connectivity index (χ4n) is 10.3. The van der Waals surface area contributed by atoms with Crippen LogP contribution in [0.5, 0.6) is 0 Å². The second-order valence-electron chi connectivity index (χ2n) is 25.7. The van der Waals surface area contributed by atoms with E-state index in [4.69, 9.17) is 124 Å². The molecule has 126 heavy (non-hydrogen) atoms. The van der Waals surface area contributed by atoms with Crippen LogP contribution < -0.4 is 31.9 Å². The van der Waals surface area contributed by atoms with Gasteiger partial charge < -0.3 is 120 Å². The molecule has 0 bridgehead atoms. The lowest BCUT2D eigenvalue weighted by atomic mass is 10.0. The number of alkyl carbamates (subject to hydrolysis) is 6. The molecule has 6 aliphatic rings. The van der Waals surface area contributed by atoms with Crippen molar-refractivity contribution in [2.75, 3.05) is 163 Å². The number of hydrogen-bond donors (Lipinski definition) is 12. The molecule has 0 spiro atoms. The lowest BCUT2D eigenvalue weighted by Crippen LogP contribution is -2.28. The first-order valence-electron chi connectivity index (χ1n) is 80.2. The molecule has 12 N–H and O–H groups in total. The first-order valence-corrected chi connectivity index (χ1v) is 35.8. The third-order valence-electron chi connectivity index (χ3n) is 15.8. The summed E-state index contributed by atoms with van der Waals surface area (Å²) in [7, 11) is 8.05. The first-order chi connectivity index (χ1) is 96.5. The number of aryl methyl sites for hydroxylation is 3. The minimum atomic E-state index is -3.52. The van der Waals surface area contributed by atoms with Gasteiger partial charge in [-0.25, -0.2) is 28.8 Å². The van der Waals surface area contributed by atoms with E-state index in [1.54, 1.807) is 14.1 Å². The highest BCUT2D eigenvalue weighted by atomic mass is 16.6. The number of H-pyrrole nitrogens is 6. The maximum Gasteiger partial charge on any atom is 0.407 e. The molecule has 6 aromatic heterocycles. The molecule has 0 radical (unpaired) electrons. The van der Waals surface area contributed by atoms with Crippen LogP contribution in [-0.4, -0.2) is 295 Å². The number of hydrogen-bond acceptors (Lipinski definition) is 18. The molecule has 12 heterocycles. The van der Waals surface area contributed by atoms with Gasteiger partial charge in [0.2, 0.25) is 0 Å². The predicted molar refractivity (Wildman–Crippen MR) is 495 cm³/mol. The second kappa shape index (κ2) is 43.7. The molecule has 30 heteroatoms. The Morgan fingerprint density at radius 3 is 0.738 bits per heavy atom. The van der Waals surface area contributed by atoms with Crippen LogP contribution in [0.1, 0.15) is 174 Å². The Balaban J connectivity index is 0.000000207. The number of aromatic nitrogens is 6. The molecule has 672 valence electrons. The van der Waals surface area contributed by atoms with Gasteiger partial charge in [-0.2, -0.15) is 0 Å². The SMILES string of the molecule is [2H]c1c(C([2H])([2H])[C@@H]2N([2H])C(=O)OC2([2H])[2H])c([2H])c2c(C([2H])([2H])CN(C([2H])([2H])[2H])C([2H])([2H])[2H])c([2H])n([2H])c2c1[2H].[2H]c1c(C([2H])([2H])[C@@H]2N([2H])C(=O)OC2([2H])[2H])c([2H])c2c(C([2H])([2H])CN(C)C([2H])([2H])[2H])c([2H])n([2H])c2c1[2H].[2H]c1c(C([2H])([2H])[C@@H]2N([2H])C(=O)OC2([2H])[2H])c([2H])c2c(C([2H])([2H])CN(C)C)c([2H])n([2H])c2c1[2H].[2H]c1c(C([2H])([2H])[C@@H]2N([2H])C(=O)OC2([2H])[2H])c([2H])c2c(CC([2H])([2H])N(C([2H])([2H])[2H])C([2H])([2H])[2H])c([2H])n([2H])c2c1[2H].[2H]c1c(C([2H])([2H])[C@@H]2N([2H])C(=O)OC2([2H])[2H])c([2H])c2c(CC([2H])([2H])N(C)C([2H])([2H])[2H])c([2H])n([2H])c2c1[2H].[2H]c1c(C([2H])([2H])[C@@H]2N([2H])C(=O)OC2([2H])[2H])c([2H])c2c(CC([2H])([2H])N(C)C)c([2H])n([2H])c2c1[2H]. The standard InChI is InChI=1S/6C16H21N3O2/c6*1-19(2)6-5-12-9-17-15-4-3-11(8-14(12)15)7-13-10-21-16(20)18-13/h6*3-4,8-9,13,17H,5-7,10H2,1-2H3,(H,18,20)/t6*13-/m000000/s1/i1D3,2D3,3D,4D,6D2,7D2,8D,9D,10D2;1D3,2D3,3D,4D,5D2,7D2,8D,9D,10D2;1D3,3D,4D,6D2,7D2,8D,9D,10D2;1D3,3D,4D,5D2,7D2,8D,9D,10D2;3D,4D,6D2,7D2,8D,9D,10D2;3D,4D,5D2,7D2,8D,9D,10D2/hD12. The van der Waals surface area contributed by atoms with E-state index in [0.717, 1.165) is 14.1 Å². The summed E-state index contributed by atoms with van der Waals surface area (Å²) in [6.45, 7) is -48.4. The summed E-state index contributed by atoms with van der Waals surface area (Å²) in [5.74, 6) is 0. The van der Waals surface area contributed by atoms with Crippen LogP contribution in [0.25, 0.3) is 65.4 Å². The first kappa shape index (κ1) is 31.2. The number of rotatable bonds is 30. The molecule has 12 aromatic rings. The zero-order valence-corrected chi connectivity index (χ0v) is 65.7. The normalized spacial score (nSPS) is 33.4. The number of amides is 6. The smallest absolute Gasteiger partial charge is 0.407 e. The maximum absolute atomic E-state index is 11.8. The fraction of sp³-hybridized carbons (Fsp3) is 0.438. The number of fused-ring (bicyclic) bond motifs is 6. The number of cyclic esters (lactones) is 6. The van der Waals surface area contributed by atoms with Crippen LogP contribution in [0.15, 0.2) is 146 Å². The number of benzene rings is 6. The Labute approximate surface area is 863 Å². The van der Waals surface area contributed by atoms with Crippen molar-refractivity contribution >= 4 is 102 Å². The van der Waals surface area contributed by atoms with Crippen LogP contribution in [0.2, 0.25) is 16.9 Å². The molecule has 6 aliphatic heterocycles. The molecule has 0 unspecified atom stereocenters. The number of carbonyl (C=O) groups excluding carboxylic acids is 6. The molecule has 0 saturated carbocycles. The lowest BCUT2D eigenvalue weighted by molar-refractivity contribution is 0.176. The zero-order chi connectivity index (χ0) is 168. The average Bonchev–Trinajstić information content (AvgIpc) is 1.54. The van der Waals surface area contributed by atoms with Gasteiger partial charge in [-0.05, 0) is 300 Å². The highest BCUT2D eigenvalue weighted by Crippen LogP contribution is 2.29. The number of aromatic amines is 6. The maximum atomic E-state index is 11.8. The molecule has 30 nitrogen and oxygen atoms in total. The van der Waals surface area contributed by atoms with Crippen molar-refractivity contribution in [2.45, 2.75) is 113 Å². The Kier molecular flexibility index (Phi) is 10.8. The summed E-state index contributed by atoms with van der Waals surface area (Å²) in [5, 5.41) is -4.10. The van der Waals surface area contributed by atoms with Gasteiger partial charge in [0.25, 0.3) is 0 Å². The third-order valence-corrected chi connectivity index (χ3v) is 15.8. The third kappa shape index (κ3) is 26.5. The van der Waals surface area contributed by atoms with E-state index in [1.807, 2.05) is 0 Å². The van der Waals surface area contributed by atoms with Gasteiger partial charge in [-0.1, -0.05) is 36.3 Å². The molecule has 0 aliphatic carbocycles. The Hall–Kier alpha value is -12.1. The predicted octanol–water partition coefficient (Wildman–Crippen LogP) is 11.5. The Morgan fingerprint density at radius 1 is 0.302 bits per heavy atom. The summed E-state index contributed by atoms with van der Waals surface area (Å²) in [6, 6.07) is -30.7. The van der Waals surface area contributed by atoms with Crippen molar-refractivity contribution in [1.82, 2.24) is 91.1 Å². The largest absolute Gasteiger partial charge is 0.447 e. The molecule has 6 amide bonds. The van der Waals surface area contributed by atoms with E-state index in [-0.39, 0.29) is 74.7 Å². The van der Waals surface area contributed by atoms with Crippen LogP contribution in [0.3, 0.4) is 0 Å². The summed E-state index contributed by atoms with van der Waals surface area (Å²) >= 11 is 0. The number of nitrogens with one attached hydrogen (secondary N) is 12. The van der Waals surface area contributed by atoms with E-state index in [0.29, 0.717) is 24.7 Å². The van der Waals surface area contributed by atoms with E-state index < -0.39 is 530 Å². The molecule has 6 saturated heterocycles. The van der Waals surface area contributed by atoms with Crippen molar-refractivity contribution in [3.63, 3.8) is 0 Å². The second-order valence-corrected chi connectivity index (χ2v) is 25.7. The van der Waals surface area contributed by atoms with Gasteiger partial charge in [-0.15, -0.1) is 0 Å². The number of nitrogens with zero attached hydrogens (tertiary/aromatic N) is 6. The monoisotopic (exact) mass is 1810 g/mol. The molecule has 6 atom stereocenters. The Bertz CT molecular complexity index is 10300. The van der Waals surface area contributed by atoms with E-state index in [9.17, 15) is 28.8 Å². The van der Waals surface area contributed by atoms with E-state index >= 15 is 0 Å². The van der Waals surface area contributed by atoms with E-state index in [2.05, 4.69) is 28.4 Å². The Morgan fingerprint density at radius 2 is 0.516 bits per heavy atom. The van der Waals surface area contributed by atoms with Crippen LogP contribution in [0, 0.1) is 0 Å². The summed E-state index contributed by atoms with van der Waals surface area (Å²) in [6.07, 6.45) is -43.9. The highest BCUT2D eigenvalue weighted by molar-refractivity contribution is 5.88. The van der Waals surface area contributed by atoms with Crippen molar-refractivity contribution in [3.05, 3.63) is 213 Å². The molecular weight excluding hydrogens is 1600 g/mol. The fourth-order valence-corrected chi connectivity index (χ4v) is 10.3. The van der Waals surface area contributed by atoms with Crippen molar-refractivity contribution in [1.29, 1.82) is 0 Å². The number of likely N-dealkylation sites (N-methyl/N-ethyl adjacent to an activating group) is 6. The van der Waals surface area contributed by atoms with Crippen LogP contribution >= 0.6 is 0 Å². The van der Waals surface area contributed by atoms with Gasteiger partial charge in [0.1, 0.15) is 39.4 Å². The summed E-state index contributed by atoms with van der Waals surface area (Å²) in [4.78, 5) is 75.6. The van der Waals surface area contributed by atoms with Gasteiger partial charge in [0.15, 0.2) is 16.9 Å². The van der Waals surface area contributed by atoms with Gasteiger partial charge in [0, 0.05) is 199 Å². The molecule has 18 rings (SSSR count). The summed E-state index contributed by atoms with van der Waals surface area (Å²) in [5.41, 5.74) is -12.5. The summed E-state index contributed by atoms with van der Waals surface area (Å²) < 4.78 is 754. The minimum Gasteiger partial charge on any atom is -0.447 e. The van der Waals surface area contributed by atoms with Crippen molar-refractivity contribution < 1.29 is 181 Å². The number of ether oxygens (including phenoxy) is 6. The average molecular weight is 1810 g/mol. The van der Waals surface area contributed by atoms with Gasteiger partial charge >= 0.3 is 36.6 Å². The molecule has 6 aromatic carbocycles. The van der Waals surface area contributed by atoms with Crippen molar-refractivity contribution in [2.24, 2.45) is 0 Å². The van der Waals surface area contributed by atoms with Crippen LogP contribution in [-0.2, 0) is 105 Å². The molecular formula is C96H126N18O12. The lowest BCUT2D eigenvalue weighted by Gasteiger charge is -2.09. The zero-order valence-electron chi connectivity index (χ0n) is 156. The van der Waals surface area contributed by atoms with Crippen LogP contribution in [0.4, 0.5) is 28.8 Å². The minimum absolute atomic E-state index is 0.0656. The topological polar surface area (TPSA) is 344 Å². The highest BCUT2D eigenvalue weighted by Gasteiger charge is 2.29. The quantitative estimate of drug-likeness (QED) is 0.0186. The van der Waals surface area contributed by atoms with E-state index in [1.165, 1.54) is 23.9 Å². The van der Waals surface area contributed by atoms with Gasteiger partial charge in [0.05, 0.1) is 85.6 Å². The molecule has 6 fully saturated rings.